The zero-order chi connectivity index (χ0) is 20.7. The molecule has 9 heteroatoms. The van der Waals surface area contributed by atoms with Gasteiger partial charge in [0.15, 0.2) is 5.57 Å². The van der Waals surface area contributed by atoms with Crippen molar-refractivity contribution in [3.63, 3.8) is 0 Å². The Morgan fingerprint density at radius 3 is 2.54 bits per heavy atom. The van der Waals surface area contributed by atoms with Gasteiger partial charge in [-0.15, -0.1) is 0 Å². The summed E-state index contributed by atoms with van der Waals surface area (Å²) in [5, 5.41) is 11.9. The van der Waals surface area contributed by atoms with Gasteiger partial charge in [0.25, 0.3) is 10.0 Å². The first-order chi connectivity index (χ1) is 13.3. The molecule has 2 rings (SSSR count). The lowest BCUT2D eigenvalue weighted by Gasteiger charge is -2.13. The Labute approximate surface area is 172 Å². The Balaban J connectivity index is 2.30. The van der Waals surface area contributed by atoms with Gasteiger partial charge < -0.3 is 10.1 Å². The van der Waals surface area contributed by atoms with E-state index < -0.39 is 16.0 Å². The van der Waals surface area contributed by atoms with Crippen LogP contribution in [0.2, 0.25) is 0 Å². The number of carbonyl (C=O) groups excluding carboxylic acids is 1. The third-order valence-corrected chi connectivity index (χ3v) is 5.85. The van der Waals surface area contributed by atoms with Crippen molar-refractivity contribution in [2.75, 3.05) is 16.6 Å². The average Bonchev–Trinajstić information content (AvgIpc) is 2.65. The number of nitriles is 1. The predicted molar refractivity (Wildman–Crippen MR) is 110 cm³/mol. The predicted octanol–water partition coefficient (Wildman–Crippen LogP) is 3.94. The molecule has 0 fully saturated rings. The van der Waals surface area contributed by atoms with Gasteiger partial charge in [-0.1, -0.05) is 28.1 Å². The van der Waals surface area contributed by atoms with E-state index in [4.69, 9.17) is 10.00 Å². The number of carbonyl (C=O) groups is 1. The lowest BCUT2D eigenvalue weighted by Crippen LogP contribution is -2.14. The van der Waals surface area contributed by atoms with Crippen molar-refractivity contribution in [2.45, 2.75) is 18.7 Å². The molecule has 0 spiro atoms. The van der Waals surface area contributed by atoms with Gasteiger partial charge in [0.05, 0.1) is 22.9 Å². The smallest absolute Gasteiger partial charge is 0.350 e. The molecule has 0 radical (unpaired) electrons. The molecule has 0 heterocycles. The lowest BCUT2D eigenvalue weighted by molar-refractivity contribution is -0.138. The SMILES string of the molecule is CCOC(=O)/C(C#N)=C/Nc1ccccc1NS(=O)(=O)c1ccc(Br)c(C)c1. The summed E-state index contributed by atoms with van der Waals surface area (Å²) in [7, 11) is -3.83. The Morgan fingerprint density at radius 1 is 1.25 bits per heavy atom. The molecule has 0 saturated carbocycles. The maximum Gasteiger partial charge on any atom is 0.350 e. The van der Waals surface area contributed by atoms with Crippen LogP contribution in [0.5, 0.6) is 0 Å². The van der Waals surface area contributed by atoms with E-state index in [1.807, 2.05) is 0 Å². The fourth-order valence-electron chi connectivity index (χ4n) is 2.18. The number of para-hydroxylation sites is 2. The maximum absolute atomic E-state index is 12.7. The summed E-state index contributed by atoms with van der Waals surface area (Å²) in [6, 6.07) is 13.0. The number of nitrogens with one attached hydrogen (secondary N) is 2. The van der Waals surface area contributed by atoms with Gasteiger partial charge in [0.1, 0.15) is 6.07 Å². The van der Waals surface area contributed by atoms with Crippen LogP contribution in [-0.2, 0) is 19.6 Å². The molecule has 0 aliphatic heterocycles. The van der Waals surface area contributed by atoms with Gasteiger partial charge in [-0.2, -0.15) is 5.26 Å². The minimum absolute atomic E-state index is 0.114. The van der Waals surface area contributed by atoms with Gasteiger partial charge in [0, 0.05) is 10.7 Å². The van der Waals surface area contributed by atoms with Crippen molar-refractivity contribution in [1.29, 1.82) is 5.26 Å². The maximum atomic E-state index is 12.7. The Morgan fingerprint density at radius 2 is 1.93 bits per heavy atom. The number of esters is 1. The van der Waals surface area contributed by atoms with Gasteiger partial charge in [-0.3, -0.25) is 4.72 Å². The second-order valence-corrected chi connectivity index (χ2v) is 8.13. The summed E-state index contributed by atoms with van der Waals surface area (Å²) in [6.07, 6.45) is 1.18. The minimum Gasteiger partial charge on any atom is -0.462 e. The zero-order valence-corrected chi connectivity index (χ0v) is 17.6. The molecule has 0 aromatic heterocycles. The molecule has 0 atom stereocenters. The number of aryl methyl sites for hydroxylation is 1. The van der Waals surface area contributed by atoms with E-state index in [9.17, 15) is 13.2 Å². The van der Waals surface area contributed by atoms with Crippen molar-refractivity contribution in [2.24, 2.45) is 0 Å². The molecule has 0 amide bonds. The monoisotopic (exact) mass is 463 g/mol. The highest BCUT2D eigenvalue weighted by Gasteiger charge is 2.17. The number of hydrogen-bond acceptors (Lipinski definition) is 6. The molecular weight excluding hydrogens is 446 g/mol. The first kappa shape index (κ1) is 21.5. The Bertz CT molecular complexity index is 1060. The lowest BCUT2D eigenvalue weighted by atomic mass is 10.2. The number of nitrogens with zero attached hydrogens (tertiary/aromatic N) is 1. The van der Waals surface area contributed by atoms with Crippen LogP contribution in [0, 0.1) is 18.3 Å². The summed E-state index contributed by atoms with van der Waals surface area (Å²) in [5.41, 5.74) is 1.19. The van der Waals surface area contributed by atoms with E-state index in [2.05, 4.69) is 26.0 Å². The number of sulfonamides is 1. The summed E-state index contributed by atoms with van der Waals surface area (Å²) >= 11 is 3.34. The van der Waals surface area contributed by atoms with Crippen molar-refractivity contribution in [1.82, 2.24) is 0 Å². The van der Waals surface area contributed by atoms with Crippen LogP contribution in [0.25, 0.3) is 0 Å². The van der Waals surface area contributed by atoms with Gasteiger partial charge in [0.2, 0.25) is 0 Å². The highest BCUT2D eigenvalue weighted by Crippen LogP contribution is 2.26. The first-order valence-corrected chi connectivity index (χ1v) is 10.5. The van der Waals surface area contributed by atoms with Crippen molar-refractivity contribution in [3.8, 4) is 6.07 Å². The van der Waals surface area contributed by atoms with Crippen molar-refractivity contribution >= 4 is 43.3 Å². The standard InChI is InChI=1S/C19H18BrN3O4S/c1-3-27-19(24)14(11-21)12-22-17-6-4-5-7-18(17)23-28(25,26)15-8-9-16(20)13(2)10-15/h4-10,12,22-23H,3H2,1-2H3/b14-12+. The highest BCUT2D eigenvalue weighted by molar-refractivity contribution is 9.10. The highest BCUT2D eigenvalue weighted by atomic mass is 79.9. The fourth-order valence-corrected chi connectivity index (χ4v) is 3.59. The third kappa shape index (κ3) is 5.34. The second kappa shape index (κ2) is 9.39. The van der Waals surface area contributed by atoms with Gasteiger partial charge in [-0.05, 0) is 49.7 Å². The van der Waals surface area contributed by atoms with E-state index in [1.165, 1.54) is 12.3 Å². The molecule has 0 aliphatic rings. The first-order valence-electron chi connectivity index (χ1n) is 8.20. The number of benzene rings is 2. The fraction of sp³-hybridized carbons (Fsp3) is 0.158. The summed E-state index contributed by atoms with van der Waals surface area (Å²) in [4.78, 5) is 11.8. The Hall–Kier alpha value is -2.83. The molecule has 7 nitrogen and oxygen atoms in total. The van der Waals surface area contributed by atoms with Gasteiger partial charge in [-0.25, -0.2) is 13.2 Å². The molecule has 2 aromatic rings. The number of ether oxygens (including phenoxy) is 1. The Kier molecular flexibility index (Phi) is 7.20. The molecule has 146 valence electrons. The molecular formula is C19H18BrN3O4S. The van der Waals surface area contributed by atoms with Crippen LogP contribution in [0.15, 0.2) is 63.6 Å². The van der Waals surface area contributed by atoms with Crippen LogP contribution < -0.4 is 10.0 Å². The molecule has 0 bridgehead atoms. The normalized spacial score (nSPS) is 11.4. The van der Waals surface area contributed by atoms with E-state index >= 15 is 0 Å². The summed E-state index contributed by atoms with van der Waals surface area (Å²) < 4.78 is 33.5. The number of anilines is 2. The summed E-state index contributed by atoms with van der Waals surface area (Å²) in [6.45, 7) is 3.57. The molecule has 0 aliphatic carbocycles. The van der Waals surface area contributed by atoms with Crippen LogP contribution >= 0.6 is 15.9 Å². The van der Waals surface area contributed by atoms with E-state index in [0.29, 0.717) is 5.69 Å². The zero-order valence-electron chi connectivity index (χ0n) is 15.2. The third-order valence-electron chi connectivity index (χ3n) is 3.60. The molecule has 2 aromatic carbocycles. The topological polar surface area (TPSA) is 108 Å². The number of halogens is 1. The van der Waals surface area contributed by atoms with Crippen LogP contribution in [0.3, 0.4) is 0 Å². The molecule has 0 unspecified atom stereocenters. The van der Waals surface area contributed by atoms with Gasteiger partial charge >= 0.3 is 5.97 Å². The summed E-state index contributed by atoms with van der Waals surface area (Å²) in [5.74, 6) is -0.763. The van der Waals surface area contributed by atoms with Crippen LogP contribution in [0.1, 0.15) is 12.5 Å². The average molecular weight is 464 g/mol. The van der Waals surface area contributed by atoms with E-state index in [0.717, 1.165) is 10.0 Å². The van der Waals surface area contributed by atoms with Crippen LogP contribution in [-0.4, -0.2) is 21.0 Å². The minimum atomic E-state index is -3.83. The molecule has 28 heavy (non-hydrogen) atoms. The van der Waals surface area contributed by atoms with E-state index in [-0.39, 0.29) is 22.8 Å². The van der Waals surface area contributed by atoms with Crippen molar-refractivity contribution < 1.29 is 17.9 Å². The number of hydrogen-bond donors (Lipinski definition) is 2. The number of rotatable bonds is 7. The van der Waals surface area contributed by atoms with E-state index in [1.54, 1.807) is 56.3 Å². The van der Waals surface area contributed by atoms with Crippen LogP contribution in [0.4, 0.5) is 11.4 Å². The quantitative estimate of drug-likeness (QED) is 0.365. The largest absolute Gasteiger partial charge is 0.462 e. The second-order valence-electron chi connectivity index (χ2n) is 5.60. The molecule has 2 N–H and O–H groups in total. The van der Waals surface area contributed by atoms with Crippen molar-refractivity contribution in [3.05, 3.63) is 64.3 Å². The molecule has 0 saturated heterocycles.